The molecule has 0 heterocycles. The summed E-state index contributed by atoms with van der Waals surface area (Å²) in [6.45, 7) is 11.3. The first-order valence-electron chi connectivity index (χ1n) is 20.8. The van der Waals surface area contributed by atoms with E-state index in [0.29, 0.717) is 0 Å². The molecule has 14 heteroatoms. The Morgan fingerprint density at radius 3 is 0.692 bits per heavy atom. The van der Waals surface area contributed by atoms with Crippen molar-refractivity contribution in [2.24, 2.45) is 0 Å². The summed E-state index contributed by atoms with van der Waals surface area (Å²) in [5.41, 5.74) is -12.4. The molecule has 0 aromatic rings. The molecule has 0 saturated carbocycles. The highest BCUT2D eigenvalue weighted by Crippen LogP contribution is 2.36. The first-order valence-corrected chi connectivity index (χ1v) is 23.6. The van der Waals surface area contributed by atoms with Gasteiger partial charge in [0.05, 0.1) is 19.6 Å². The molecule has 0 aliphatic rings. The Morgan fingerprint density at radius 2 is 0.519 bits per heavy atom. The molecule has 0 aromatic carbocycles. The SMILES string of the molecule is CCCCCCCCCCCC[NH+](CCCCCCCCCCCC)CCCCCCCCCCCC.O=S(=O)([N-]S(=O)(=O)C(F)(F)F)C(F)(F)F. The lowest BCUT2D eigenvalue weighted by Crippen LogP contribution is -3.12. The Balaban J connectivity index is 0. The highest BCUT2D eigenvalue weighted by molar-refractivity contribution is 8.13. The van der Waals surface area contributed by atoms with Crippen LogP contribution in [-0.2, 0) is 20.0 Å². The summed E-state index contributed by atoms with van der Waals surface area (Å²) in [5.74, 6) is 0. The second-order valence-electron chi connectivity index (χ2n) is 14.5. The van der Waals surface area contributed by atoms with Crippen molar-refractivity contribution in [2.75, 3.05) is 19.6 Å². The van der Waals surface area contributed by atoms with Crippen molar-refractivity contribution in [1.29, 1.82) is 0 Å². The molecular weight excluding hydrogens is 727 g/mol. The molecule has 0 unspecified atom stereocenters. The minimum atomic E-state index is -6.72. The Labute approximate surface area is 315 Å². The van der Waals surface area contributed by atoms with E-state index in [4.69, 9.17) is 0 Å². The highest BCUT2D eigenvalue weighted by Gasteiger charge is 2.46. The van der Waals surface area contributed by atoms with Gasteiger partial charge >= 0.3 is 11.0 Å². The van der Waals surface area contributed by atoms with Gasteiger partial charge in [0, 0.05) is 0 Å². The van der Waals surface area contributed by atoms with Gasteiger partial charge in [0.1, 0.15) is 0 Å². The van der Waals surface area contributed by atoms with Crippen LogP contribution in [0.5, 0.6) is 0 Å². The Kier molecular flexibility index (Phi) is 34.7. The quantitative estimate of drug-likeness (QED) is 0.0511. The topological polar surface area (TPSA) is 86.8 Å². The number of nitrogens with zero attached hydrogens (tertiary/aromatic N) is 1. The first-order chi connectivity index (χ1) is 24.6. The number of nitrogens with one attached hydrogen (secondary N) is 1. The van der Waals surface area contributed by atoms with Crippen LogP contribution in [0, 0.1) is 0 Å². The Morgan fingerprint density at radius 1 is 0.346 bits per heavy atom. The third-order valence-electron chi connectivity index (χ3n) is 9.43. The van der Waals surface area contributed by atoms with Crippen molar-refractivity contribution in [3.05, 3.63) is 4.13 Å². The van der Waals surface area contributed by atoms with Crippen LogP contribution in [0.3, 0.4) is 0 Å². The van der Waals surface area contributed by atoms with Gasteiger partial charge in [-0.15, -0.1) is 0 Å². The fraction of sp³-hybridized carbons (Fsp3) is 1.00. The zero-order valence-corrected chi connectivity index (χ0v) is 34.6. The molecule has 0 fully saturated rings. The van der Waals surface area contributed by atoms with Crippen LogP contribution in [0.4, 0.5) is 26.3 Å². The number of sulfonamides is 2. The summed E-state index contributed by atoms with van der Waals surface area (Å²) < 4.78 is 109. The molecule has 0 amide bonds. The highest BCUT2D eigenvalue weighted by atomic mass is 32.3. The van der Waals surface area contributed by atoms with E-state index in [0.717, 1.165) is 4.13 Å². The summed E-state index contributed by atoms with van der Waals surface area (Å²) >= 11 is 0. The average molecular weight is 803 g/mol. The summed E-state index contributed by atoms with van der Waals surface area (Å²) in [5, 5.41) is 0. The second-order valence-corrected chi connectivity index (χ2v) is 17.9. The predicted molar refractivity (Wildman–Crippen MR) is 204 cm³/mol. The summed E-state index contributed by atoms with van der Waals surface area (Å²) in [7, 11) is -13.4. The number of alkyl halides is 6. The fourth-order valence-electron chi connectivity index (χ4n) is 6.18. The zero-order chi connectivity index (χ0) is 39.6. The van der Waals surface area contributed by atoms with Gasteiger partial charge < -0.3 is 9.03 Å². The van der Waals surface area contributed by atoms with Gasteiger partial charge in [-0.2, -0.15) is 26.3 Å². The van der Waals surface area contributed by atoms with Gasteiger partial charge in [-0.1, -0.05) is 175 Å². The molecule has 0 aliphatic heterocycles. The number of quaternary nitrogens is 1. The van der Waals surface area contributed by atoms with E-state index in [1.807, 2.05) is 4.90 Å². The maximum absolute atomic E-state index is 11.4. The number of halogens is 6. The largest absolute Gasteiger partial charge is 0.480 e. The fourth-order valence-corrected chi connectivity index (χ4v) is 7.89. The lowest BCUT2D eigenvalue weighted by atomic mass is 10.1. The maximum Gasteiger partial charge on any atom is 0.480 e. The second kappa shape index (κ2) is 33.7. The van der Waals surface area contributed by atoms with E-state index in [2.05, 4.69) is 20.8 Å². The molecule has 0 spiro atoms. The van der Waals surface area contributed by atoms with Crippen molar-refractivity contribution in [1.82, 2.24) is 0 Å². The smallest absolute Gasteiger partial charge is 0.421 e. The molecule has 0 aromatic heterocycles. The third kappa shape index (κ3) is 32.8. The van der Waals surface area contributed by atoms with Gasteiger partial charge in [-0.3, -0.25) is 0 Å². The van der Waals surface area contributed by atoms with Crippen LogP contribution in [0.1, 0.15) is 213 Å². The summed E-state index contributed by atoms with van der Waals surface area (Å²) in [6.07, 6.45) is 43.9. The number of rotatable bonds is 35. The lowest BCUT2D eigenvalue weighted by Gasteiger charge is -2.22. The van der Waals surface area contributed by atoms with E-state index in [1.165, 1.54) is 212 Å². The third-order valence-corrected chi connectivity index (χ3v) is 12.2. The summed E-state index contributed by atoms with van der Waals surface area (Å²) in [6, 6.07) is 0. The molecule has 0 atom stereocenters. The maximum atomic E-state index is 11.4. The normalized spacial score (nSPS) is 12.7. The van der Waals surface area contributed by atoms with Crippen molar-refractivity contribution < 1.29 is 48.1 Å². The average Bonchev–Trinajstić information content (AvgIpc) is 3.05. The van der Waals surface area contributed by atoms with Gasteiger partial charge in [0.2, 0.25) is 0 Å². The monoisotopic (exact) mass is 803 g/mol. The molecule has 0 rings (SSSR count). The van der Waals surface area contributed by atoms with Gasteiger partial charge in [-0.05, 0) is 38.5 Å². The standard InChI is InChI=1S/C36H75N.C2F6NO4S2/c1-4-7-10-13-16-19-22-25-28-31-34-37(35-32-29-26-23-20-17-14-11-8-5-2)36-33-30-27-24-21-18-15-12-9-6-3;3-1(4,5)14(10,11)9-15(12,13)2(6,7)8/h4-36H2,1-3H3;/q;-1/p+1. The number of hydrogen-bond donors (Lipinski definition) is 1. The molecule has 52 heavy (non-hydrogen) atoms. The molecule has 0 saturated heterocycles. The molecular formula is C38H76F6N2O4S2. The molecule has 0 bridgehead atoms. The molecule has 1 N–H and O–H groups in total. The van der Waals surface area contributed by atoms with E-state index in [-0.39, 0.29) is 0 Å². The van der Waals surface area contributed by atoms with Crippen LogP contribution in [0.2, 0.25) is 0 Å². The minimum absolute atomic E-state index is 0.778. The minimum Gasteiger partial charge on any atom is -0.421 e. The Bertz CT molecular complexity index is 895. The van der Waals surface area contributed by atoms with Crippen LogP contribution in [0.15, 0.2) is 0 Å². The number of hydrogen-bond acceptors (Lipinski definition) is 4. The molecule has 6 nitrogen and oxygen atoms in total. The first kappa shape index (κ1) is 53.5. The molecule has 0 aliphatic carbocycles. The number of unbranched alkanes of at least 4 members (excludes halogenated alkanes) is 27. The Hall–Kier alpha value is -0.600. The van der Waals surface area contributed by atoms with Crippen LogP contribution >= 0.6 is 0 Å². The van der Waals surface area contributed by atoms with E-state index in [1.54, 1.807) is 0 Å². The van der Waals surface area contributed by atoms with Gasteiger partial charge in [0.15, 0.2) is 20.0 Å². The molecule has 0 radical (unpaired) electrons. The van der Waals surface area contributed by atoms with E-state index >= 15 is 0 Å². The van der Waals surface area contributed by atoms with Crippen LogP contribution in [0.25, 0.3) is 4.13 Å². The zero-order valence-electron chi connectivity index (χ0n) is 33.0. The predicted octanol–water partition coefficient (Wildman–Crippen LogP) is 12.7. The van der Waals surface area contributed by atoms with Crippen molar-refractivity contribution in [3.63, 3.8) is 0 Å². The van der Waals surface area contributed by atoms with Crippen molar-refractivity contribution in [3.8, 4) is 0 Å². The van der Waals surface area contributed by atoms with Crippen LogP contribution < -0.4 is 4.90 Å². The summed E-state index contributed by atoms with van der Waals surface area (Å²) in [4.78, 5) is 1.94. The van der Waals surface area contributed by atoms with Gasteiger partial charge in [0.25, 0.3) is 0 Å². The van der Waals surface area contributed by atoms with E-state index < -0.39 is 31.1 Å². The lowest BCUT2D eigenvalue weighted by molar-refractivity contribution is -0.900. The van der Waals surface area contributed by atoms with Crippen molar-refractivity contribution >= 4 is 20.0 Å². The van der Waals surface area contributed by atoms with Crippen molar-refractivity contribution in [2.45, 2.75) is 224 Å². The molecule has 316 valence electrons. The van der Waals surface area contributed by atoms with Crippen LogP contribution in [-0.4, -0.2) is 47.5 Å². The van der Waals surface area contributed by atoms with Gasteiger partial charge in [-0.25, -0.2) is 16.8 Å². The van der Waals surface area contributed by atoms with E-state index in [9.17, 15) is 43.2 Å².